The van der Waals surface area contributed by atoms with Crippen molar-refractivity contribution in [1.82, 2.24) is 5.32 Å². The number of amides is 2. The van der Waals surface area contributed by atoms with Crippen LogP contribution >= 0.6 is 0 Å². The van der Waals surface area contributed by atoms with Gasteiger partial charge in [-0.25, -0.2) is 4.39 Å². The van der Waals surface area contributed by atoms with E-state index in [1.807, 2.05) is 30.3 Å². The van der Waals surface area contributed by atoms with E-state index in [0.29, 0.717) is 5.75 Å². The van der Waals surface area contributed by atoms with Gasteiger partial charge in [-0.15, -0.1) is 0 Å². The molecule has 0 saturated heterocycles. The van der Waals surface area contributed by atoms with E-state index in [4.69, 9.17) is 28.4 Å². The number of rotatable bonds is 13. The van der Waals surface area contributed by atoms with Crippen LogP contribution in [0.1, 0.15) is 27.5 Å². The number of carbonyl (C=O) groups is 2. The summed E-state index contributed by atoms with van der Waals surface area (Å²) in [5.74, 6) is -0.214. The number of nitrogens with zero attached hydrogens (tertiary/aromatic N) is 1. The number of methoxy groups -OCH3 is 6. The van der Waals surface area contributed by atoms with Crippen molar-refractivity contribution in [2.75, 3.05) is 47.6 Å². The van der Waals surface area contributed by atoms with Gasteiger partial charge in [0.1, 0.15) is 11.9 Å². The largest absolute Gasteiger partial charge is 0.493 e. The first kappa shape index (κ1) is 32.5. The van der Waals surface area contributed by atoms with E-state index in [2.05, 4.69) is 5.32 Å². The van der Waals surface area contributed by atoms with Crippen LogP contribution in [0, 0.1) is 5.82 Å². The van der Waals surface area contributed by atoms with Gasteiger partial charge in [0.2, 0.25) is 17.4 Å². The van der Waals surface area contributed by atoms with E-state index < -0.39 is 23.7 Å². The molecular weight excluding hydrogens is 583 g/mol. The summed E-state index contributed by atoms with van der Waals surface area (Å²) in [5.41, 5.74) is 1.46. The SMILES string of the molecule is COc1cc(C(=O)N(c2ccc(F)cc2)C(C(=O)NCc2ccccc2)c2ccc(OC)c(OC)c2OC)cc(OC)c1OC. The van der Waals surface area contributed by atoms with E-state index in [1.54, 1.807) is 12.1 Å². The molecule has 0 saturated carbocycles. The zero-order valence-electron chi connectivity index (χ0n) is 25.9. The Labute approximate surface area is 261 Å². The highest BCUT2D eigenvalue weighted by atomic mass is 19.1. The van der Waals surface area contributed by atoms with Gasteiger partial charge in [-0.2, -0.15) is 0 Å². The van der Waals surface area contributed by atoms with E-state index >= 15 is 0 Å². The average molecular weight is 619 g/mol. The molecule has 0 spiro atoms. The number of benzene rings is 4. The average Bonchev–Trinajstić information content (AvgIpc) is 3.08. The Bertz CT molecular complexity index is 1600. The van der Waals surface area contributed by atoms with Crippen molar-refractivity contribution in [2.45, 2.75) is 12.6 Å². The van der Waals surface area contributed by atoms with Crippen LogP contribution in [0.3, 0.4) is 0 Å². The Balaban J connectivity index is 1.97. The smallest absolute Gasteiger partial charge is 0.259 e. The fraction of sp³-hybridized carbons (Fsp3) is 0.235. The van der Waals surface area contributed by atoms with Gasteiger partial charge in [0.05, 0.1) is 42.7 Å². The molecule has 11 heteroatoms. The minimum absolute atomic E-state index is 0.106. The van der Waals surface area contributed by atoms with E-state index in [-0.39, 0.29) is 52.1 Å². The van der Waals surface area contributed by atoms with Crippen LogP contribution in [-0.4, -0.2) is 54.5 Å². The molecule has 0 radical (unpaired) electrons. The van der Waals surface area contributed by atoms with Crippen molar-refractivity contribution >= 4 is 17.5 Å². The molecule has 0 aliphatic carbocycles. The van der Waals surface area contributed by atoms with E-state index in [1.165, 1.54) is 84.0 Å². The molecule has 1 N–H and O–H groups in total. The summed E-state index contributed by atoms with van der Waals surface area (Å²) in [7, 11) is 8.63. The number of halogens is 1. The standard InChI is InChI=1S/C34H35FN2O8/c1-40-26-17-16-25(30(43-4)32(26)45-6)29(33(38)36-20-21-10-8-7-9-11-21)37(24-14-12-23(35)13-15-24)34(39)22-18-27(41-2)31(44-5)28(19-22)42-3/h7-19,29H,20H2,1-6H3,(H,36,38). The lowest BCUT2D eigenvalue weighted by atomic mass is 9.99. The summed E-state index contributed by atoms with van der Waals surface area (Å²) in [6.45, 7) is 0.168. The molecule has 0 bridgehead atoms. The Hall–Kier alpha value is -5.45. The molecule has 236 valence electrons. The summed E-state index contributed by atoms with van der Waals surface area (Å²) < 4.78 is 47.4. The number of anilines is 1. The highest BCUT2D eigenvalue weighted by molar-refractivity contribution is 6.11. The maximum Gasteiger partial charge on any atom is 0.259 e. The van der Waals surface area contributed by atoms with Gasteiger partial charge in [0.15, 0.2) is 23.0 Å². The zero-order chi connectivity index (χ0) is 32.5. The van der Waals surface area contributed by atoms with Crippen molar-refractivity contribution in [3.63, 3.8) is 0 Å². The molecule has 1 unspecified atom stereocenters. The van der Waals surface area contributed by atoms with Gasteiger partial charge in [-0.3, -0.25) is 14.5 Å². The van der Waals surface area contributed by atoms with Crippen molar-refractivity contribution in [3.8, 4) is 34.5 Å². The number of nitrogens with one attached hydrogen (secondary N) is 1. The van der Waals surface area contributed by atoms with Crippen molar-refractivity contribution in [3.05, 3.63) is 101 Å². The Morgan fingerprint density at radius 2 is 1.27 bits per heavy atom. The third-order valence-electron chi connectivity index (χ3n) is 7.08. The normalized spacial score (nSPS) is 11.2. The second-order valence-electron chi connectivity index (χ2n) is 9.60. The fourth-order valence-electron chi connectivity index (χ4n) is 4.95. The molecule has 4 aromatic rings. The van der Waals surface area contributed by atoms with Crippen LogP contribution in [0.4, 0.5) is 10.1 Å². The Morgan fingerprint density at radius 3 is 1.80 bits per heavy atom. The fourth-order valence-corrected chi connectivity index (χ4v) is 4.95. The van der Waals surface area contributed by atoms with Gasteiger partial charge >= 0.3 is 0 Å². The lowest BCUT2D eigenvalue weighted by Gasteiger charge is -2.33. The number of ether oxygens (including phenoxy) is 6. The van der Waals surface area contributed by atoms with Crippen LogP contribution in [0.2, 0.25) is 0 Å². The first-order valence-corrected chi connectivity index (χ1v) is 13.8. The van der Waals surface area contributed by atoms with Crippen molar-refractivity contribution in [2.24, 2.45) is 0 Å². The van der Waals surface area contributed by atoms with Gasteiger partial charge in [0, 0.05) is 23.4 Å². The third kappa shape index (κ3) is 6.87. The quantitative estimate of drug-likeness (QED) is 0.207. The van der Waals surface area contributed by atoms with Crippen molar-refractivity contribution in [1.29, 1.82) is 0 Å². The summed E-state index contributed by atoms with van der Waals surface area (Å²) in [4.78, 5) is 30.2. The molecule has 2 amide bonds. The van der Waals surface area contributed by atoms with Gasteiger partial charge in [0.25, 0.3) is 5.91 Å². The lowest BCUT2D eigenvalue weighted by molar-refractivity contribution is -0.122. The Kier molecular flexibility index (Phi) is 10.7. The Morgan fingerprint density at radius 1 is 0.689 bits per heavy atom. The molecule has 0 aromatic heterocycles. The van der Waals surface area contributed by atoms with E-state index in [9.17, 15) is 14.0 Å². The molecule has 0 aliphatic heterocycles. The molecule has 4 rings (SSSR count). The predicted octanol–water partition coefficient (Wildman–Crippen LogP) is 5.58. The number of hydrogen-bond donors (Lipinski definition) is 1. The van der Waals surface area contributed by atoms with Gasteiger partial charge in [-0.1, -0.05) is 30.3 Å². The summed E-state index contributed by atoms with van der Waals surface area (Å²) >= 11 is 0. The second-order valence-corrected chi connectivity index (χ2v) is 9.60. The molecule has 0 fully saturated rings. The zero-order valence-corrected chi connectivity index (χ0v) is 25.9. The van der Waals surface area contributed by atoms with Gasteiger partial charge in [-0.05, 0) is 54.1 Å². The predicted molar refractivity (Wildman–Crippen MR) is 166 cm³/mol. The molecule has 10 nitrogen and oxygen atoms in total. The second kappa shape index (κ2) is 14.8. The first-order chi connectivity index (χ1) is 21.8. The molecular formula is C34H35FN2O8. The van der Waals surface area contributed by atoms with Crippen molar-refractivity contribution < 1.29 is 42.4 Å². The number of carbonyl (C=O) groups excluding carboxylic acids is 2. The number of hydrogen-bond acceptors (Lipinski definition) is 8. The minimum atomic E-state index is -1.35. The molecule has 4 aromatic carbocycles. The maximum absolute atomic E-state index is 14.6. The minimum Gasteiger partial charge on any atom is -0.493 e. The first-order valence-electron chi connectivity index (χ1n) is 13.8. The van der Waals surface area contributed by atoms with E-state index in [0.717, 1.165) is 5.56 Å². The summed E-state index contributed by atoms with van der Waals surface area (Å²) in [6, 6.07) is 19.4. The summed E-state index contributed by atoms with van der Waals surface area (Å²) in [5, 5.41) is 2.94. The highest BCUT2D eigenvalue weighted by Crippen LogP contribution is 2.45. The highest BCUT2D eigenvalue weighted by Gasteiger charge is 2.37. The molecule has 1 atom stereocenters. The van der Waals surface area contributed by atoms with Gasteiger partial charge < -0.3 is 33.7 Å². The maximum atomic E-state index is 14.6. The lowest BCUT2D eigenvalue weighted by Crippen LogP contribution is -2.44. The van der Waals surface area contributed by atoms with Crippen LogP contribution in [0.5, 0.6) is 34.5 Å². The molecule has 0 heterocycles. The monoisotopic (exact) mass is 618 g/mol. The third-order valence-corrected chi connectivity index (χ3v) is 7.08. The van der Waals surface area contributed by atoms with Crippen LogP contribution < -0.4 is 38.6 Å². The van der Waals surface area contributed by atoms with Crippen LogP contribution in [0.25, 0.3) is 0 Å². The van der Waals surface area contributed by atoms with Crippen LogP contribution in [-0.2, 0) is 11.3 Å². The molecule has 45 heavy (non-hydrogen) atoms. The van der Waals surface area contributed by atoms with Crippen LogP contribution in [0.15, 0.2) is 78.9 Å². The summed E-state index contributed by atoms with van der Waals surface area (Å²) in [6.07, 6.45) is 0. The molecule has 0 aliphatic rings. The topological polar surface area (TPSA) is 105 Å².